The molecule has 4 nitrogen and oxygen atoms in total. The highest BCUT2D eigenvalue weighted by Gasteiger charge is 2.10. The number of aromatic nitrogens is 3. The molecule has 0 aliphatic rings. The van der Waals surface area contributed by atoms with Crippen molar-refractivity contribution in [2.75, 3.05) is 0 Å². The average molecular weight is 239 g/mol. The fraction of sp³-hybridized carbons (Fsp3) is 0.143. The number of pyridine rings is 1. The van der Waals surface area contributed by atoms with Crippen molar-refractivity contribution in [3.8, 4) is 17.1 Å². The van der Waals surface area contributed by atoms with E-state index in [4.69, 9.17) is 0 Å². The van der Waals surface area contributed by atoms with E-state index in [0.717, 1.165) is 33.7 Å². The molecular weight excluding hydrogens is 226 g/mol. The number of nitrogens with one attached hydrogen (secondary N) is 1. The van der Waals surface area contributed by atoms with Gasteiger partial charge in [-0.25, -0.2) is 9.97 Å². The molecule has 0 unspecified atom stereocenters. The van der Waals surface area contributed by atoms with Crippen LogP contribution < -0.4 is 0 Å². The highest BCUT2D eigenvalue weighted by Crippen LogP contribution is 2.26. The quantitative estimate of drug-likeness (QED) is 0.686. The van der Waals surface area contributed by atoms with Crippen molar-refractivity contribution in [2.45, 2.75) is 13.8 Å². The average Bonchev–Trinajstić information content (AvgIpc) is 2.74. The first kappa shape index (κ1) is 10.8. The Morgan fingerprint density at radius 1 is 1.11 bits per heavy atom. The number of aromatic amines is 1. The van der Waals surface area contributed by atoms with Crippen molar-refractivity contribution >= 4 is 11.2 Å². The second-order valence-electron chi connectivity index (χ2n) is 4.41. The Kier molecular flexibility index (Phi) is 2.30. The third-order valence-electron chi connectivity index (χ3n) is 3.07. The predicted octanol–water partition coefficient (Wildman–Crippen LogP) is 2.95. The highest BCUT2D eigenvalue weighted by molar-refractivity contribution is 5.79. The van der Waals surface area contributed by atoms with Gasteiger partial charge in [-0.2, -0.15) is 0 Å². The molecule has 1 aromatic carbocycles. The van der Waals surface area contributed by atoms with E-state index in [1.165, 1.54) is 0 Å². The molecule has 3 aromatic rings. The number of rotatable bonds is 1. The number of benzene rings is 1. The summed E-state index contributed by atoms with van der Waals surface area (Å²) < 4.78 is 0. The van der Waals surface area contributed by atoms with Crippen LogP contribution in [0, 0.1) is 13.8 Å². The third-order valence-corrected chi connectivity index (χ3v) is 3.07. The third kappa shape index (κ3) is 1.62. The van der Waals surface area contributed by atoms with Crippen molar-refractivity contribution in [1.82, 2.24) is 15.0 Å². The number of phenols is 1. The molecule has 0 fully saturated rings. The molecule has 0 amide bonds. The van der Waals surface area contributed by atoms with Gasteiger partial charge in [-0.1, -0.05) is 0 Å². The van der Waals surface area contributed by atoms with Crippen LogP contribution in [0.25, 0.3) is 22.6 Å². The Labute approximate surface area is 104 Å². The Balaban J connectivity index is 2.23. The molecule has 90 valence electrons. The zero-order valence-electron chi connectivity index (χ0n) is 10.2. The van der Waals surface area contributed by atoms with Crippen molar-refractivity contribution in [2.24, 2.45) is 0 Å². The Morgan fingerprint density at radius 2 is 1.94 bits per heavy atom. The summed E-state index contributed by atoms with van der Waals surface area (Å²) in [5.41, 5.74) is 4.75. The molecule has 3 rings (SSSR count). The molecule has 4 heteroatoms. The van der Waals surface area contributed by atoms with Crippen LogP contribution >= 0.6 is 0 Å². The van der Waals surface area contributed by atoms with Crippen molar-refractivity contribution < 1.29 is 5.11 Å². The maximum Gasteiger partial charge on any atom is 0.178 e. The second kappa shape index (κ2) is 3.84. The molecule has 2 heterocycles. The van der Waals surface area contributed by atoms with E-state index in [2.05, 4.69) is 15.0 Å². The van der Waals surface area contributed by atoms with Gasteiger partial charge in [0.15, 0.2) is 5.65 Å². The zero-order valence-corrected chi connectivity index (χ0v) is 10.2. The minimum absolute atomic E-state index is 0.265. The summed E-state index contributed by atoms with van der Waals surface area (Å²) in [5, 5.41) is 9.43. The maximum atomic E-state index is 9.43. The van der Waals surface area contributed by atoms with Crippen LogP contribution in [0.4, 0.5) is 0 Å². The monoisotopic (exact) mass is 239 g/mol. The number of imidazole rings is 1. The summed E-state index contributed by atoms with van der Waals surface area (Å²) in [7, 11) is 0. The number of phenolic OH excluding ortho intramolecular Hbond substituents is 1. The molecular formula is C14H13N3O. The van der Waals surface area contributed by atoms with E-state index in [-0.39, 0.29) is 5.75 Å². The molecule has 0 radical (unpaired) electrons. The van der Waals surface area contributed by atoms with Gasteiger partial charge in [-0.3, -0.25) is 0 Å². The van der Waals surface area contributed by atoms with Gasteiger partial charge >= 0.3 is 0 Å². The summed E-state index contributed by atoms with van der Waals surface area (Å²) in [4.78, 5) is 12.0. The highest BCUT2D eigenvalue weighted by atomic mass is 16.3. The van der Waals surface area contributed by atoms with Gasteiger partial charge in [-0.15, -0.1) is 0 Å². The maximum absolute atomic E-state index is 9.43. The Hall–Kier alpha value is -2.36. The Bertz CT molecular complexity index is 731. The SMILES string of the molecule is Cc1cc(O)ccc1-c1nc2nccc(C)c2[nH]1. The summed E-state index contributed by atoms with van der Waals surface area (Å²) >= 11 is 0. The van der Waals surface area contributed by atoms with Gasteiger partial charge in [0, 0.05) is 11.8 Å². The fourth-order valence-corrected chi connectivity index (χ4v) is 2.08. The topological polar surface area (TPSA) is 61.8 Å². The van der Waals surface area contributed by atoms with Gasteiger partial charge in [0.25, 0.3) is 0 Å². The molecule has 0 aliphatic carbocycles. The molecule has 0 saturated heterocycles. The smallest absolute Gasteiger partial charge is 0.178 e. The lowest BCUT2D eigenvalue weighted by atomic mass is 10.1. The molecule has 2 aromatic heterocycles. The van der Waals surface area contributed by atoms with Crippen LogP contribution in [0.3, 0.4) is 0 Å². The van der Waals surface area contributed by atoms with Crippen LogP contribution in [-0.4, -0.2) is 20.1 Å². The minimum atomic E-state index is 0.265. The number of fused-ring (bicyclic) bond motifs is 1. The largest absolute Gasteiger partial charge is 0.508 e. The van der Waals surface area contributed by atoms with Gasteiger partial charge < -0.3 is 10.1 Å². The number of nitrogens with zero attached hydrogens (tertiary/aromatic N) is 2. The lowest BCUT2D eigenvalue weighted by Crippen LogP contribution is -1.84. The summed E-state index contributed by atoms with van der Waals surface area (Å²) in [5.74, 6) is 1.05. The van der Waals surface area contributed by atoms with E-state index in [1.54, 1.807) is 18.3 Å². The number of H-pyrrole nitrogens is 1. The van der Waals surface area contributed by atoms with Crippen LogP contribution in [-0.2, 0) is 0 Å². The summed E-state index contributed by atoms with van der Waals surface area (Å²) in [6, 6.07) is 7.20. The number of hydrogen-bond donors (Lipinski definition) is 2. The first-order chi connectivity index (χ1) is 8.65. The number of aryl methyl sites for hydroxylation is 2. The molecule has 18 heavy (non-hydrogen) atoms. The first-order valence-electron chi connectivity index (χ1n) is 5.76. The molecule has 0 bridgehead atoms. The van der Waals surface area contributed by atoms with Crippen LogP contribution in [0.1, 0.15) is 11.1 Å². The standard InChI is InChI=1S/C14H13N3O/c1-8-5-6-15-14-12(8)16-13(17-14)11-4-3-10(18)7-9(11)2/h3-7,18H,1-2H3,(H,15,16,17). The van der Waals surface area contributed by atoms with Crippen LogP contribution in [0.2, 0.25) is 0 Å². The lowest BCUT2D eigenvalue weighted by Gasteiger charge is -2.02. The van der Waals surface area contributed by atoms with E-state index < -0.39 is 0 Å². The zero-order chi connectivity index (χ0) is 12.7. The fourth-order valence-electron chi connectivity index (χ4n) is 2.08. The predicted molar refractivity (Wildman–Crippen MR) is 70.5 cm³/mol. The summed E-state index contributed by atoms with van der Waals surface area (Å²) in [6.45, 7) is 3.97. The molecule has 2 N–H and O–H groups in total. The summed E-state index contributed by atoms with van der Waals surface area (Å²) in [6.07, 6.45) is 1.76. The van der Waals surface area contributed by atoms with Crippen LogP contribution in [0.5, 0.6) is 5.75 Å². The molecule has 0 saturated carbocycles. The first-order valence-corrected chi connectivity index (χ1v) is 5.76. The molecule has 0 spiro atoms. The molecule has 0 aliphatic heterocycles. The molecule has 0 atom stereocenters. The van der Waals surface area contributed by atoms with Crippen molar-refractivity contribution in [3.05, 3.63) is 41.6 Å². The minimum Gasteiger partial charge on any atom is -0.508 e. The van der Waals surface area contributed by atoms with Crippen molar-refractivity contribution in [1.29, 1.82) is 0 Å². The lowest BCUT2D eigenvalue weighted by molar-refractivity contribution is 0.475. The van der Waals surface area contributed by atoms with Crippen LogP contribution in [0.15, 0.2) is 30.5 Å². The van der Waals surface area contributed by atoms with Gasteiger partial charge in [0.2, 0.25) is 0 Å². The van der Waals surface area contributed by atoms with Crippen molar-refractivity contribution in [3.63, 3.8) is 0 Å². The number of hydrogen-bond acceptors (Lipinski definition) is 3. The van der Waals surface area contributed by atoms with Gasteiger partial charge in [0.1, 0.15) is 11.6 Å². The van der Waals surface area contributed by atoms with E-state index in [0.29, 0.717) is 0 Å². The van der Waals surface area contributed by atoms with Gasteiger partial charge in [0.05, 0.1) is 5.52 Å². The normalized spacial score (nSPS) is 11.0. The Morgan fingerprint density at radius 3 is 2.67 bits per heavy atom. The second-order valence-corrected chi connectivity index (χ2v) is 4.41. The van der Waals surface area contributed by atoms with E-state index >= 15 is 0 Å². The number of aromatic hydroxyl groups is 1. The van der Waals surface area contributed by atoms with E-state index in [9.17, 15) is 5.11 Å². The van der Waals surface area contributed by atoms with E-state index in [1.807, 2.05) is 26.0 Å². The van der Waals surface area contributed by atoms with Gasteiger partial charge in [-0.05, 0) is 49.2 Å².